The van der Waals surface area contributed by atoms with Crippen LogP contribution in [0.5, 0.6) is 5.75 Å². The number of aliphatic hydroxyl groups is 1. The molecule has 10 nitrogen and oxygen atoms in total. The van der Waals surface area contributed by atoms with Crippen molar-refractivity contribution in [1.82, 2.24) is 4.90 Å². The Bertz CT molecular complexity index is 1700. The lowest BCUT2D eigenvalue weighted by molar-refractivity contribution is -0.181. The van der Waals surface area contributed by atoms with Crippen LogP contribution in [0.25, 0.3) is 11.1 Å². The number of anilines is 1. The standard InChI is InChI=1S/C34H33N3O7/c1-37(2)28-23-15-19-14-22-21(18-10-8-17(9-11-18)16-36-20-6-4-3-5-7-20)12-13-24(38)26(22)29(39)25(19)31(41)34(23,44)32(42)27(30(28)40)33(35)43/h3-13,19,23,25,27-28,36,38,44H,14-16H2,1-2H3,(H2,35,43)/t19-,23-,25?,27?,28-,34-/m0/s1. The molecule has 0 aliphatic heterocycles. The van der Waals surface area contributed by atoms with E-state index in [1.807, 2.05) is 54.6 Å². The molecule has 3 aliphatic carbocycles. The number of phenols is 1. The Morgan fingerprint density at radius 2 is 1.66 bits per heavy atom. The second-order valence-corrected chi connectivity index (χ2v) is 12.2. The smallest absolute Gasteiger partial charge is 0.235 e. The van der Waals surface area contributed by atoms with Gasteiger partial charge in [0.2, 0.25) is 5.91 Å². The van der Waals surface area contributed by atoms with E-state index in [2.05, 4.69) is 5.32 Å². The van der Waals surface area contributed by atoms with Gasteiger partial charge in [-0.2, -0.15) is 0 Å². The number of carbonyl (C=O) groups excluding carboxylic acids is 5. The van der Waals surface area contributed by atoms with Gasteiger partial charge < -0.3 is 21.3 Å². The fraction of sp³-hybridized carbons (Fsp3) is 0.324. The highest BCUT2D eigenvalue weighted by Crippen LogP contribution is 2.51. The van der Waals surface area contributed by atoms with Gasteiger partial charge in [0.15, 0.2) is 34.7 Å². The Morgan fingerprint density at radius 3 is 2.30 bits per heavy atom. The average molecular weight is 596 g/mol. The number of fused-ring (bicyclic) bond motifs is 3. The van der Waals surface area contributed by atoms with Gasteiger partial charge in [-0.15, -0.1) is 0 Å². The maximum absolute atomic E-state index is 14.0. The third kappa shape index (κ3) is 4.44. The number of carbonyl (C=O) groups is 5. The van der Waals surface area contributed by atoms with Crippen molar-refractivity contribution < 1.29 is 34.2 Å². The summed E-state index contributed by atoms with van der Waals surface area (Å²) in [5, 5.41) is 25.9. The minimum Gasteiger partial charge on any atom is -0.507 e. The van der Waals surface area contributed by atoms with Gasteiger partial charge in [0, 0.05) is 18.2 Å². The van der Waals surface area contributed by atoms with E-state index < -0.39 is 64.4 Å². The van der Waals surface area contributed by atoms with Gasteiger partial charge in [-0.25, -0.2) is 0 Å². The average Bonchev–Trinajstić information content (AvgIpc) is 2.98. The van der Waals surface area contributed by atoms with Gasteiger partial charge in [0.05, 0.1) is 17.5 Å². The third-order valence-electron chi connectivity index (χ3n) is 9.48. The molecule has 0 saturated heterocycles. The number of nitrogens with two attached hydrogens (primary N) is 1. The lowest BCUT2D eigenvalue weighted by Gasteiger charge is -2.52. The number of amides is 1. The number of nitrogens with one attached hydrogen (secondary N) is 1. The first-order valence-electron chi connectivity index (χ1n) is 14.5. The van der Waals surface area contributed by atoms with Crippen molar-refractivity contribution in [2.45, 2.75) is 31.0 Å². The first-order valence-corrected chi connectivity index (χ1v) is 14.5. The monoisotopic (exact) mass is 595 g/mol. The molecule has 0 aromatic heterocycles. The molecule has 0 bridgehead atoms. The zero-order valence-corrected chi connectivity index (χ0v) is 24.3. The van der Waals surface area contributed by atoms with Crippen LogP contribution in [0.2, 0.25) is 0 Å². The van der Waals surface area contributed by atoms with Crippen LogP contribution >= 0.6 is 0 Å². The van der Waals surface area contributed by atoms with E-state index in [1.165, 1.54) is 11.0 Å². The summed E-state index contributed by atoms with van der Waals surface area (Å²) in [5.74, 6) is -10.6. The molecule has 0 spiro atoms. The Labute approximate surface area is 253 Å². The molecule has 3 aliphatic rings. The fourth-order valence-corrected chi connectivity index (χ4v) is 7.44. The highest BCUT2D eigenvalue weighted by molar-refractivity contribution is 6.32. The number of benzene rings is 3. The number of ketones is 4. The maximum atomic E-state index is 14.0. The van der Waals surface area contributed by atoms with Gasteiger partial charge in [0.1, 0.15) is 5.75 Å². The van der Waals surface area contributed by atoms with Gasteiger partial charge in [-0.1, -0.05) is 48.5 Å². The number of primary amides is 1. The predicted molar refractivity (Wildman–Crippen MR) is 161 cm³/mol. The van der Waals surface area contributed by atoms with Crippen LogP contribution in [-0.2, 0) is 32.1 Å². The normalized spacial score (nSPS) is 27.9. The SMILES string of the molecule is CN(C)[C@@H]1C(=O)C(C(N)=O)C(=O)[C@@]2(O)C(=O)C3C(=O)c4c(O)ccc(-c5ccc(CNc6ccccc6)cc5)c4C[C@H]3C[C@@H]12. The topological polar surface area (TPSA) is 167 Å². The molecule has 2 unspecified atom stereocenters. The number of hydrogen-bond acceptors (Lipinski definition) is 9. The summed E-state index contributed by atoms with van der Waals surface area (Å²) >= 11 is 0. The summed E-state index contributed by atoms with van der Waals surface area (Å²) in [5.41, 5.74) is 6.74. The summed E-state index contributed by atoms with van der Waals surface area (Å²) in [4.78, 5) is 68.3. The molecule has 2 fully saturated rings. The molecular weight excluding hydrogens is 562 g/mol. The molecule has 44 heavy (non-hydrogen) atoms. The van der Waals surface area contributed by atoms with Crippen molar-refractivity contribution >= 4 is 34.7 Å². The maximum Gasteiger partial charge on any atom is 0.235 e. The van der Waals surface area contributed by atoms with Gasteiger partial charge in [0.25, 0.3) is 0 Å². The fourth-order valence-electron chi connectivity index (χ4n) is 7.44. The highest BCUT2D eigenvalue weighted by Gasteiger charge is 2.69. The second-order valence-electron chi connectivity index (χ2n) is 12.2. The van der Waals surface area contributed by atoms with Crippen molar-refractivity contribution in [1.29, 1.82) is 0 Å². The molecule has 1 amide bonds. The zero-order chi connectivity index (χ0) is 31.5. The molecule has 5 N–H and O–H groups in total. The predicted octanol–water partition coefficient (Wildman–Crippen LogP) is 2.15. The van der Waals surface area contributed by atoms with E-state index in [0.717, 1.165) is 16.8 Å². The minimum absolute atomic E-state index is 0.00306. The summed E-state index contributed by atoms with van der Waals surface area (Å²) in [7, 11) is 3.12. The number of aromatic hydroxyl groups is 1. The number of likely N-dealkylation sites (N-methyl/N-ethyl adjacent to an activating group) is 1. The van der Waals surface area contributed by atoms with Crippen molar-refractivity contribution in [3.63, 3.8) is 0 Å². The third-order valence-corrected chi connectivity index (χ3v) is 9.48. The molecule has 3 aromatic rings. The summed E-state index contributed by atoms with van der Waals surface area (Å²) in [6, 6.07) is 19.6. The first kappa shape index (κ1) is 29.4. The number of nitrogens with zero attached hydrogens (tertiary/aromatic N) is 1. The molecular formula is C34H33N3O7. The summed E-state index contributed by atoms with van der Waals surface area (Å²) < 4.78 is 0. The van der Waals surface area contributed by atoms with Gasteiger partial charge >= 0.3 is 0 Å². The zero-order valence-electron chi connectivity index (χ0n) is 24.3. The number of phenolic OH excluding ortho intramolecular Hbond substituents is 1. The Morgan fingerprint density at radius 1 is 0.977 bits per heavy atom. The molecule has 0 heterocycles. The van der Waals surface area contributed by atoms with Crippen LogP contribution < -0.4 is 11.1 Å². The quantitative estimate of drug-likeness (QED) is 0.312. The van der Waals surface area contributed by atoms with Crippen LogP contribution in [0.1, 0.15) is 27.9 Å². The van der Waals surface area contributed by atoms with E-state index in [9.17, 15) is 34.2 Å². The molecule has 2 saturated carbocycles. The van der Waals surface area contributed by atoms with E-state index in [4.69, 9.17) is 5.73 Å². The minimum atomic E-state index is -2.74. The van der Waals surface area contributed by atoms with Crippen LogP contribution in [0.4, 0.5) is 5.69 Å². The molecule has 226 valence electrons. The highest BCUT2D eigenvalue weighted by atomic mass is 16.3. The molecule has 0 radical (unpaired) electrons. The number of rotatable bonds is 6. The molecule has 6 atom stereocenters. The number of Topliss-reactive ketones (excluding diaryl/α,β-unsaturated/α-hetero) is 4. The van der Waals surface area contributed by atoms with Crippen LogP contribution in [0, 0.1) is 23.7 Å². The van der Waals surface area contributed by atoms with Gasteiger partial charge in [-0.05, 0) is 73.3 Å². The lowest BCUT2D eigenvalue weighted by Crippen LogP contribution is -2.74. The summed E-state index contributed by atoms with van der Waals surface area (Å²) in [6.07, 6.45) is 0.204. The number of para-hydroxylation sites is 1. The second kappa shape index (κ2) is 10.8. The number of hydrogen-bond donors (Lipinski definition) is 4. The van der Waals surface area contributed by atoms with Gasteiger partial charge in [-0.3, -0.25) is 28.9 Å². The Balaban J connectivity index is 1.36. The van der Waals surface area contributed by atoms with E-state index >= 15 is 0 Å². The van der Waals surface area contributed by atoms with E-state index in [1.54, 1.807) is 20.2 Å². The molecule has 3 aromatic carbocycles. The van der Waals surface area contributed by atoms with Crippen molar-refractivity contribution in [3.8, 4) is 16.9 Å². The Kier molecular flexibility index (Phi) is 7.22. The lowest BCUT2D eigenvalue weighted by atomic mass is 9.52. The molecule has 10 heteroatoms. The van der Waals surface area contributed by atoms with Crippen LogP contribution in [-0.4, -0.2) is 69.9 Å². The summed E-state index contributed by atoms with van der Waals surface area (Å²) in [6.45, 7) is 0.605. The van der Waals surface area contributed by atoms with Crippen molar-refractivity contribution in [3.05, 3.63) is 83.4 Å². The molecule has 6 rings (SSSR count). The van der Waals surface area contributed by atoms with Crippen LogP contribution in [0.15, 0.2) is 66.7 Å². The van der Waals surface area contributed by atoms with Crippen LogP contribution in [0.3, 0.4) is 0 Å². The van der Waals surface area contributed by atoms with E-state index in [-0.39, 0.29) is 24.2 Å². The Hall–Kier alpha value is -4.67. The largest absolute Gasteiger partial charge is 0.507 e. The van der Waals surface area contributed by atoms with Crippen molar-refractivity contribution in [2.24, 2.45) is 29.4 Å². The first-order chi connectivity index (χ1) is 20.9. The van der Waals surface area contributed by atoms with Crippen molar-refractivity contribution in [2.75, 3.05) is 19.4 Å². The van der Waals surface area contributed by atoms with E-state index in [0.29, 0.717) is 17.7 Å².